The molecule has 17 heavy (non-hydrogen) atoms. The highest BCUT2D eigenvalue weighted by Gasteiger charge is 2.16. The molecule has 0 aromatic heterocycles. The summed E-state index contributed by atoms with van der Waals surface area (Å²) in [6.45, 7) is 0. The molecule has 0 unspecified atom stereocenters. The molecule has 0 aliphatic heterocycles. The van der Waals surface area contributed by atoms with E-state index < -0.39 is 0 Å². The van der Waals surface area contributed by atoms with E-state index in [1.165, 1.54) is 36.1 Å². The van der Waals surface area contributed by atoms with Crippen LogP contribution in [-0.2, 0) is 0 Å². The molecule has 1 aliphatic rings. The lowest BCUT2D eigenvalue weighted by atomic mass is 9.93. The quantitative estimate of drug-likeness (QED) is 0.817. The molecule has 1 aliphatic carbocycles. The van der Waals surface area contributed by atoms with E-state index in [4.69, 9.17) is 0 Å². The number of hydrogen-bond donors (Lipinski definition) is 1. The van der Waals surface area contributed by atoms with E-state index in [0.29, 0.717) is 6.04 Å². The zero-order valence-corrected chi connectivity index (χ0v) is 9.89. The monoisotopic (exact) mass is 223 g/mol. The fourth-order valence-electron chi connectivity index (χ4n) is 2.18. The molecule has 0 atom stereocenters. The van der Waals surface area contributed by atoms with Crippen LogP contribution < -0.4 is 5.32 Å². The summed E-state index contributed by atoms with van der Waals surface area (Å²) >= 11 is 0. The van der Waals surface area contributed by atoms with Gasteiger partial charge in [-0.05, 0) is 42.5 Å². The third kappa shape index (κ3) is 2.33. The molecule has 0 bridgehead atoms. The Morgan fingerprint density at radius 1 is 0.765 bits per heavy atom. The normalized spacial score (nSPS) is 15.3. The van der Waals surface area contributed by atoms with Crippen LogP contribution in [-0.4, -0.2) is 6.04 Å². The Hall–Kier alpha value is -1.76. The van der Waals surface area contributed by atoms with Gasteiger partial charge in [-0.15, -0.1) is 0 Å². The summed E-state index contributed by atoms with van der Waals surface area (Å²) in [7, 11) is 0. The predicted octanol–water partition coefficient (Wildman–Crippen LogP) is 4.32. The van der Waals surface area contributed by atoms with Crippen molar-refractivity contribution in [3.8, 4) is 11.1 Å². The van der Waals surface area contributed by atoms with Crippen LogP contribution in [0.5, 0.6) is 0 Å². The summed E-state index contributed by atoms with van der Waals surface area (Å²) in [5.41, 5.74) is 3.81. The van der Waals surface area contributed by atoms with E-state index in [0.717, 1.165) is 0 Å². The van der Waals surface area contributed by atoms with Crippen LogP contribution in [0.1, 0.15) is 19.3 Å². The van der Waals surface area contributed by atoms with Crippen molar-refractivity contribution in [3.05, 3.63) is 54.6 Å². The number of hydrogen-bond acceptors (Lipinski definition) is 1. The highest BCUT2D eigenvalue weighted by atomic mass is 14.9. The van der Waals surface area contributed by atoms with Gasteiger partial charge in [0, 0.05) is 11.7 Å². The molecule has 0 amide bonds. The van der Waals surface area contributed by atoms with Gasteiger partial charge in [-0.3, -0.25) is 0 Å². The topological polar surface area (TPSA) is 12.0 Å². The first-order chi connectivity index (χ1) is 8.42. The van der Waals surface area contributed by atoms with Crippen molar-refractivity contribution >= 4 is 5.69 Å². The lowest BCUT2D eigenvalue weighted by Gasteiger charge is -2.27. The first-order valence-corrected chi connectivity index (χ1v) is 6.34. The SMILES string of the molecule is c1ccc(-c2ccc(NC3CCC3)cc2)cc1. The molecule has 86 valence electrons. The van der Waals surface area contributed by atoms with E-state index in [9.17, 15) is 0 Å². The van der Waals surface area contributed by atoms with Crippen molar-refractivity contribution in [2.24, 2.45) is 0 Å². The molecule has 1 fully saturated rings. The van der Waals surface area contributed by atoms with Gasteiger partial charge in [0.15, 0.2) is 0 Å². The highest BCUT2D eigenvalue weighted by molar-refractivity contribution is 5.65. The number of nitrogens with one attached hydrogen (secondary N) is 1. The minimum Gasteiger partial charge on any atom is -0.382 e. The maximum absolute atomic E-state index is 3.56. The van der Waals surface area contributed by atoms with Gasteiger partial charge in [0.2, 0.25) is 0 Å². The van der Waals surface area contributed by atoms with Crippen LogP contribution in [0, 0.1) is 0 Å². The molecular formula is C16H17N. The van der Waals surface area contributed by atoms with Gasteiger partial charge in [0.1, 0.15) is 0 Å². The van der Waals surface area contributed by atoms with Crippen molar-refractivity contribution in [1.29, 1.82) is 0 Å². The summed E-state index contributed by atoms with van der Waals surface area (Å²) in [6.07, 6.45) is 4.01. The summed E-state index contributed by atoms with van der Waals surface area (Å²) in [5, 5.41) is 3.56. The van der Waals surface area contributed by atoms with Crippen molar-refractivity contribution in [2.75, 3.05) is 5.32 Å². The Bertz CT molecular complexity index is 469. The first-order valence-electron chi connectivity index (χ1n) is 6.34. The average Bonchev–Trinajstić information content (AvgIpc) is 2.36. The molecular weight excluding hydrogens is 206 g/mol. The second-order valence-corrected chi connectivity index (χ2v) is 4.72. The molecule has 1 heteroatoms. The Morgan fingerprint density at radius 3 is 2.00 bits per heavy atom. The number of benzene rings is 2. The fraction of sp³-hybridized carbons (Fsp3) is 0.250. The maximum atomic E-state index is 3.56. The lowest BCUT2D eigenvalue weighted by Crippen LogP contribution is -2.26. The van der Waals surface area contributed by atoms with Gasteiger partial charge < -0.3 is 5.32 Å². The molecule has 0 saturated heterocycles. The fourth-order valence-corrected chi connectivity index (χ4v) is 2.18. The maximum Gasteiger partial charge on any atom is 0.0342 e. The van der Waals surface area contributed by atoms with E-state index in [-0.39, 0.29) is 0 Å². The summed E-state index contributed by atoms with van der Waals surface area (Å²) < 4.78 is 0. The Balaban J connectivity index is 1.75. The minimum absolute atomic E-state index is 0.706. The van der Waals surface area contributed by atoms with Crippen LogP contribution in [0.15, 0.2) is 54.6 Å². The largest absolute Gasteiger partial charge is 0.382 e. The van der Waals surface area contributed by atoms with Crippen molar-refractivity contribution in [1.82, 2.24) is 0 Å². The standard InChI is InChI=1S/C16H17N/c1-2-5-13(6-3-1)14-9-11-16(12-10-14)17-15-7-4-8-15/h1-3,5-6,9-12,15,17H,4,7-8H2. The average molecular weight is 223 g/mol. The summed E-state index contributed by atoms with van der Waals surface area (Å²) in [6, 6.07) is 20.0. The third-order valence-corrected chi connectivity index (χ3v) is 3.47. The van der Waals surface area contributed by atoms with E-state index >= 15 is 0 Å². The lowest BCUT2D eigenvalue weighted by molar-refractivity contribution is 0.445. The van der Waals surface area contributed by atoms with Crippen LogP contribution in [0.4, 0.5) is 5.69 Å². The molecule has 1 nitrogen and oxygen atoms in total. The van der Waals surface area contributed by atoms with Crippen molar-refractivity contribution < 1.29 is 0 Å². The van der Waals surface area contributed by atoms with Crippen molar-refractivity contribution in [2.45, 2.75) is 25.3 Å². The molecule has 2 aromatic carbocycles. The molecule has 1 saturated carbocycles. The second kappa shape index (κ2) is 4.62. The van der Waals surface area contributed by atoms with E-state index in [1.54, 1.807) is 0 Å². The van der Waals surface area contributed by atoms with Crippen molar-refractivity contribution in [3.63, 3.8) is 0 Å². The molecule has 2 aromatic rings. The van der Waals surface area contributed by atoms with Crippen LogP contribution in [0.25, 0.3) is 11.1 Å². The van der Waals surface area contributed by atoms with Crippen LogP contribution in [0.2, 0.25) is 0 Å². The molecule has 0 heterocycles. The van der Waals surface area contributed by atoms with Gasteiger partial charge in [-0.25, -0.2) is 0 Å². The molecule has 0 radical (unpaired) electrons. The van der Waals surface area contributed by atoms with Gasteiger partial charge in [-0.2, -0.15) is 0 Å². The highest BCUT2D eigenvalue weighted by Crippen LogP contribution is 2.25. The smallest absolute Gasteiger partial charge is 0.0342 e. The Labute approximate surface area is 102 Å². The Kier molecular flexibility index (Phi) is 2.83. The summed E-state index contributed by atoms with van der Waals surface area (Å²) in [5.74, 6) is 0. The van der Waals surface area contributed by atoms with Crippen LogP contribution >= 0.6 is 0 Å². The first kappa shape index (κ1) is 10.4. The van der Waals surface area contributed by atoms with E-state index in [1.807, 2.05) is 0 Å². The van der Waals surface area contributed by atoms with Crippen LogP contribution in [0.3, 0.4) is 0 Å². The zero-order valence-electron chi connectivity index (χ0n) is 9.89. The molecule has 0 spiro atoms. The van der Waals surface area contributed by atoms with E-state index in [2.05, 4.69) is 59.9 Å². The minimum atomic E-state index is 0.706. The predicted molar refractivity (Wildman–Crippen MR) is 73.1 cm³/mol. The van der Waals surface area contributed by atoms with Gasteiger partial charge in [0.05, 0.1) is 0 Å². The zero-order chi connectivity index (χ0) is 11.5. The molecule has 3 rings (SSSR count). The van der Waals surface area contributed by atoms with Gasteiger partial charge in [0.25, 0.3) is 0 Å². The third-order valence-electron chi connectivity index (χ3n) is 3.47. The second-order valence-electron chi connectivity index (χ2n) is 4.72. The Morgan fingerprint density at radius 2 is 1.41 bits per heavy atom. The molecule has 1 N–H and O–H groups in total. The van der Waals surface area contributed by atoms with Gasteiger partial charge >= 0.3 is 0 Å². The number of anilines is 1. The number of rotatable bonds is 3. The summed E-state index contributed by atoms with van der Waals surface area (Å²) in [4.78, 5) is 0. The van der Waals surface area contributed by atoms with Gasteiger partial charge in [-0.1, -0.05) is 42.5 Å².